The second kappa shape index (κ2) is 8.97. The summed E-state index contributed by atoms with van der Waals surface area (Å²) >= 11 is 0. The Morgan fingerprint density at radius 2 is 1.88 bits per heavy atom. The molecule has 0 amide bonds. The van der Waals surface area contributed by atoms with Crippen LogP contribution in [0, 0.1) is 0 Å². The number of halogens is 4. The van der Waals surface area contributed by atoms with E-state index in [9.17, 15) is 26.0 Å². The molecule has 0 bridgehead atoms. The number of aromatic nitrogens is 2. The number of rotatable bonds is 6. The van der Waals surface area contributed by atoms with E-state index in [-0.39, 0.29) is 35.2 Å². The van der Waals surface area contributed by atoms with Gasteiger partial charge < -0.3 is 4.74 Å². The minimum Gasteiger partial charge on any atom is -0.493 e. The Balaban J connectivity index is 1.69. The molecule has 6 nitrogen and oxygen atoms in total. The summed E-state index contributed by atoms with van der Waals surface area (Å²) in [7, 11) is -3.97. The van der Waals surface area contributed by atoms with Crippen molar-refractivity contribution in [1.29, 1.82) is 0 Å². The number of hydrogen-bond donors (Lipinski definition) is 1. The van der Waals surface area contributed by atoms with Gasteiger partial charge in [-0.3, -0.25) is 9.11 Å². The highest BCUT2D eigenvalue weighted by Gasteiger charge is 2.33. The first-order valence-corrected chi connectivity index (χ1v) is 11.5. The topological polar surface area (TPSA) is 81.2 Å². The van der Waals surface area contributed by atoms with Crippen LogP contribution in [0.5, 0.6) is 5.75 Å². The molecular weight excluding hydrogens is 462 g/mol. The van der Waals surface area contributed by atoms with Gasteiger partial charge in [-0.15, -0.1) is 5.10 Å². The van der Waals surface area contributed by atoms with Gasteiger partial charge in [0.05, 0.1) is 23.7 Å². The van der Waals surface area contributed by atoms with E-state index in [4.69, 9.17) is 4.74 Å². The van der Waals surface area contributed by atoms with E-state index in [0.717, 1.165) is 12.1 Å². The molecule has 0 fully saturated rings. The molecule has 0 spiro atoms. The highest BCUT2D eigenvalue weighted by molar-refractivity contribution is 7.92. The molecule has 174 valence electrons. The number of nitrogens with one attached hydrogen (secondary N) is 1. The minimum absolute atomic E-state index is 0.0506. The summed E-state index contributed by atoms with van der Waals surface area (Å²) < 4.78 is 86.0. The van der Waals surface area contributed by atoms with Gasteiger partial charge >= 0.3 is 6.18 Å². The molecule has 2 heterocycles. The van der Waals surface area contributed by atoms with Crippen LogP contribution in [0.3, 0.4) is 0 Å². The van der Waals surface area contributed by atoms with E-state index in [1.54, 1.807) is 6.07 Å². The fraction of sp³-hybridized carbons (Fsp3) is 0.273. The first-order chi connectivity index (χ1) is 15.7. The van der Waals surface area contributed by atoms with Gasteiger partial charge in [0.15, 0.2) is 5.82 Å². The number of fused-ring (bicyclic) bond motifs is 1. The Hall–Kier alpha value is -3.21. The van der Waals surface area contributed by atoms with Crippen molar-refractivity contribution in [3.63, 3.8) is 0 Å². The average Bonchev–Trinajstić information content (AvgIpc) is 2.78. The zero-order valence-electron chi connectivity index (χ0n) is 17.1. The van der Waals surface area contributed by atoms with E-state index in [2.05, 4.69) is 14.9 Å². The predicted molar refractivity (Wildman–Crippen MR) is 112 cm³/mol. The minimum atomic E-state index is -4.53. The second-order valence-electron chi connectivity index (χ2n) is 7.45. The lowest BCUT2D eigenvalue weighted by Crippen LogP contribution is -2.19. The lowest BCUT2D eigenvalue weighted by Gasteiger charge is -2.28. The van der Waals surface area contributed by atoms with E-state index in [0.29, 0.717) is 23.3 Å². The summed E-state index contributed by atoms with van der Waals surface area (Å²) in [6.07, 6.45) is -2.82. The Kier molecular flexibility index (Phi) is 6.24. The van der Waals surface area contributed by atoms with Crippen LogP contribution in [0.25, 0.3) is 0 Å². The fourth-order valence-corrected chi connectivity index (χ4v) is 4.86. The van der Waals surface area contributed by atoms with Gasteiger partial charge in [-0.05, 0) is 47.9 Å². The van der Waals surface area contributed by atoms with Crippen LogP contribution in [-0.2, 0) is 22.6 Å². The molecule has 33 heavy (non-hydrogen) atoms. The van der Waals surface area contributed by atoms with Gasteiger partial charge in [0.1, 0.15) is 5.75 Å². The fourth-order valence-electron chi connectivity index (χ4n) is 3.85. The Morgan fingerprint density at radius 3 is 2.58 bits per heavy atom. The van der Waals surface area contributed by atoms with Crippen molar-refractivity contribution in [2.24, 2.45) is 0 Å². The van der Waals surface area contributed by atoms with Crippen molar-refractivity contribution >= 4 is 15.8 Å². The van der Waals surface area contributed by atoms with Gasteiger partial charge in [-0.2, -0.15) is 18.3 Å². The van der Waals surface area contributed by atoms with Crippen LogP contribution >= 0.6 is 0 Å². The van der Waals surface area contributed by atoms with Crippen LogP contribution in [-0.4, -0.2) is 31.9 Å². The van der Waals surface area contributed by atoms with E-state index >= 15 is 0 Å². The molecule has 1 aromatic heterocycles. The van der Waals surface area contributed by atoms with Crippen LogP contribution in [0.4, 0.5) is 23.4 Å². The SMILES string of the molecule is O=S(=O)(Nc1cccnn1)c1ccc2c(c1)OCC[C@@H]2c1ccc(C(F)(F)F)cc1CCF. The van der Waals surface area contributed by atoms with Gasteiger partial charge in [0, 0.05) is 30.2 Å². The first kappa shape index (κ1) is 23.0. The van der Waals surface area contributed by atoms with Gasteiger partial charge in [-0.25, -0.2) is 8.42 Å². The van der Waals surface area contributed by atoms with E-state index < -0.39 is 28.4 Å². The molecule has 0 unspecified atom stereocenters. The second-order valence-corrected chi connectivity index (χ2v) is 9.14. The Bertz CT molecular complexity index is 1250. The molecule has 4 rings (SSSR count). The summed E-state index contributed by atoms with van der Waals surface area (Å²) in [6, 6.07) is 10.6. The third-order valence-corrected chi connectivity index (χ3v) is 6.71. The highest BCUT2D eigenvalue weighted by Crippen LogP contribution is 2.42. The van der Waals surface area contributed by atoms with Crippen molar-refractivity contribution < 1.29 is 30.7 Å². The van der Waals surface area contributed by atoms with Gasteiger partial charge in [-0.1, -0.05) is 12.1 Å². The summed E-state index contributed by atoms with van der Waals surface area (Å²) in [5, 5.41) is 7.32. The zero-order chi connectivity index (χ0) is 23.6. The van der Waals surface area contributed by atoms with Gasteiger partial charge in [0.25, 0.3) is 10.0 Å². The molecule has 11 heteroatoms. The number of anilines is 1. The molecule has 1 atom stereocenters. The standard InChI is InChI=1S/C22H19F4N3O3S/c23-9-7-14-12-15(22(24,25)26)3-5-17(14)18-8-11-32-20-13-16(4-6-19(18)20)33(30,31)29-21-2-1-10-27-28-21/h1-6,10,12-13,18H,7-9,11H2,(H,28,29)/t18-/m1/s1. The van der Waals surface area contributed by atoms with Crippen LogP contribution < -0.4 is 9.46 Å². The monoisotopic (exact) mass is 481 g/mol. The average molecular weight is 481 g/mol. The molecule has 1 aliphatic heterocycles. The van der Waals surface area contributed by atoms with Crippen LogP contribution in [0.1, 0.15) is 34.6 Å². The summed E-state index contributed by atoms with van der Waals surface area (Å²) in [5.74, 6) is -0.00344. The highest BCUT2D eigenvalue weighted by atomic mass is 32.2. The molecule has 0 aliphatic carbocycles. The lowest BCUT2D eigenvalue weighted by atomic mass is 9.83. The molecule has 0 radical (unpaired) electrons. The van der Waals surface area contributed by atoms with Crippen molar-refractivity contribution in [2.45, 2.75) is 29.8 Å². The molecule has 3 aromatic rings. The summed E-state index contributed by atoms with van der Waals surface area (Å²) in [5.41, 5.74) is 0.628. The number of ether oxygens (including phenoxy) is 1. The number of hydrogen-bond acceptors (Lipinski definition) is 5. The zero-order valence-corrected chi connectivity index (χ0v) is 18.0. The first-order valence-electron chi connectivity index (χ1n) is 10.0. The van der Waals surface area contributed by atoms with Gasteiger partial charge in [0.2, 0.25) is 0 Å². The Morgan fingerprint density at radius 1 is 1.09 bits per heavy atom. The Labute approximate surface area is 187 Å². The van der Waals surface area contributed by atoms with E-state index in [1.807, 2.05) is 0 Å². The molecular formula is C22H19F4N3O3S. The van der Waals surface area contributed by atoms with Crippen molar-refractivity contribution in [3.8, 4) is 5.75 Å². The lowest BCUT2D eigenvalue weighted by molar-refractivity contribution is -0.137. The number of aryl methyl sites for hydroxylation is 1. The maximum Gasteiger partial charge on any atom is 0.416 e. The van der Waals surface area contributed by atoms with Crippen LogP contribution in [0.15, 0.2) is 59.6 Å². The van der Waals surface area contributed by atoms with E-state index in [1.165, 1.54) is 36.5 Å². The predicted octanol–water partition coefficient (Wildman–Crippen LogP) is 4.72. The third kappa shape index (κ3) is 4.92. The maximum atomic E-state index is 13.1. The number of benzene rings is 2. The third-order valence-electron chi connectivity index (χ3n) is 5.36. The van der Waals surface area contributed by atoms with Crippen molar-refractivity contribution in [2.75, 3.05) is 18.0 Å². The van der Waals surface area contributed by atoms with Crippen LogP contribution in [0.2, 0.25) is 0 Å². The molecule has 1 aliphatic rings. The number of sulfonamides is 1. The molecule has 0 saturated carbocycles. The van der Waals surface area contributed by atoms with Crippen molar-refractivity contribution in [3.05, 3.63) is 77.0 Å². The summed E-state index contributed by atoms with van der Waals surface area (Å²) in [4.78, 5) is -0.0658. The quantitative estimate of drug-likeness (QED) is 0.515. The molecule has 1 N–H and O–H groups in total. The van der Waals surface area contributed by atoms with Crippen molar-refractivity contribution in [1.82, 2.24) is 10.2 Å². The summed E-state index contributed by atoms with van der Waals surface area (Å²) in [6.45, 7) is -0.565. The maximum absolute atomic E-state index is 13.1. The molecule has 0 saturated heterocycles. The smallest absolute Gasteiger partial charge is 0.416 e. The number of alkyl halides is 4. The normalized spacial score (nSPS) is 16.1. The number of nitrogens with zero attached hydrogens (tertiary/aromatic N) is 2. The largest absolute Gasteiger partial charge is 0.493 e. The molecule has 2 aromatic carbocycles.